The number of fused-ring (bicyclic) bond motifs is 1. The van der Waals surface area contributed by atoms with E-state index >= 15 is 0 Å². The van der Waals surface area contributed by atoms with Crippen molar-refractivity contribution in [3.05, 3.63) is 87.6 Å². The molecular weight excluding hydrogens is 478 g/mol. The molecule has 182 valence electrons. The number of benzene rings is 1. The molecule has 1 aromatic carbocycles. The van der Waals surface area contributed by atoms with Crippen molar-refractivity contribution in [1.29, 1.82) is 0 Å². The Hall–Kier alpha value is -4.31. The number of hydrogen-bond donors (Lipinski definition) is 2. The van der Waals surface area contributed by atoms with Crippen molar-refractivity contribution >= 4 is 39.7 Å². The maximum atomic E-state index is 12.9. The van der Waals surface area contributed by atoms with E-state index in [0.29, 0.717) is 39.5 Å². The van der Waals surface area contributed by atoms with Crippen molar-refractivity contribution in [3.8, 4) is 5.95 Å². The first-order valence-corrected chi connectivity index (χ1v) is 11.7. The molecule has 0 saturated carbocycles. The van der Waals surface area contributed by atoms with E-state index in [2.05, 4.69) is 35.7 Å². The van der Waals surface area contributed by atoms with Crippen LogP contribution in [0, 0.1) is 13.8 Å². The van der Waals surface area contributed by atoms with Gasteiger partial charge in [-0.2, -0.15) is 10.1 Å². The van der Waals surface area contributed by atoms with Crippen LogP contribution in [-0.2, 0) is 7.05 Å². The molecule has 0 aliphatic carbocycles. The first kappa shape index (κ1) is 23.4. The molecule has 11 heteroatoms. The van der Waals surface area contributed by atoms with Crippen LogP contribution in [0.3, 0.4) is 0 Å². The molecule has 36 heavy (non-hydrogen) atoms. The normalized spacial score (nSPS) is 12.0. The monoisotopic (exact) mass is 501 g/mol. The highest BCUT2D eigenvalue weighted by Crippen LogP contribution is 2.32. The number of rotatable bonds is 6. The fourth-order valence-corrected chi connectivity index (χ4v) is 4.23. The molecule has 5 rings (SSSR count). The smallest absolute Gasteiger partial charge is 0.252 e. The molecule has 2 N–H and O–H groups in total. The molecule has 0 aliphatic rings. The van der Waals surface area contributed by atoms with E-state index in [-0.39, 0.29) is 11.6 Å². The molecule has 1 atom stereocenters. The Labute approximate surface area is 212 Å². The van der Waals surface area contributed by atoms with Crippen LogP contribution in [0.2, 0.25) is 5.02 Å². The molecule has 4 heterocycles. The Morgan fingerprint density at radius 3 is 2.53 bits per heavy atom. The number of aromatic nitrogens is 7. The van der Waals surface area contributed by atoms with E-state index in [1.165, 1.54) is 6.20 Å². The molecule has 4 aromatic heterocycles. The Morgan fingerprint density at radius 1 is 1.03 bits per heavy atom. The second kappa shape index (κ2) is 9.38. The van der Waals surface area contributed by atoms with Gasteiger partial charge in [-0.1, -0.05) is 23.7 Å². The van der Waals surface area contributed by atoms with Crippen LogP contribution in [0.4, 0.5) is 17.2 Å². The van der Waals surface area contributed by atoms with Gasteiger partial charge in [0.15, 0.2) is 5.82 Å². The minimum atomic E-state index is -0.210. The van der Waals surface area contributed by atoms with E-state index in [4.69, 9.17) is 11.6 Å². The minimum Gasteiger partial charge on any atom is -0.375 e. The number of anilines is 3. The molecule has 0 saturated heterocycles. The largest absolute Gasteiger partial charge is 0.375 e. The summed E-state index contributed by atoms with van der Waals surface area (Å²) >= 11 is 6.46. The average molecular weight is 502 g/mol. The molecule has 10 nitrogen and oxygen atoms in total. The summed E-state index contributed by atoms with van der Waals surface area (Å²) < 4.78 is 3.24. The van der Waals surface area contributed by atoms with Crippen LogP contribution in [-0.4, -0.2) is 34.3 Å². The second-order valence-electron chi connectivity index (χ2n) is 8.46. The van der Waals surface area contributed by atoms with Crippen molar-refractivity contribution in [2.75, 3.05) is 10.6 Å². The number of pyridine rings is 1. The van der Waals surface area contributed by atoms with Gasteiger partial charge in [0.05, 0.1) is 29.1 Å². The van der Waals surface area contributed by atoms with E-state index in [0.717, 1.165) is 16.8 Å². The lowest BCUT2D eigenvalue weighted by atomic mass is 10.1. The van der Waals surface area contributed by atoms with E-state index in [1.807, 2.05) is 45.0 Å². The topological polar surface area (TPSA) is 115 Å². The summed E-state index contributed by atoms with van der Waals surface area (Å²) in [6.07, 6.45) is 4.91. The molecule has 0 amide bonds. The van der Waals surface area contributed by atoms with Crippen molar-refractivity contribution in [2.24, 2.45) is 7.05 Å². The molecule has 0 bridgehead atoms. The summed E-state index contributed by atoms with van der Waals surface area (Å²) in [5, 5.41) is 12.3. The van der Waals surface area contributed by atoms with Gasteiger partial charge in [-0.25, -0.2) is 19.6 Å². The number of para-hydroxylation sites is 1. The van der Waals surface area contributed by atoms with Gasteiger partial charge in [0, 0.05) is 42.3 Å². The van der Waals surface area contributed by atoms with Crippen LogP contribution >= 0.6 is 11.6 Å². The lowest BCUT2D eigenvalue weighted by molar-refractivity contribution is 0.775. The lowest BCUT2D eigenvalue weighted by Gasteiger charge is -2.19. The number of aryl methyl sites for hydroxylation is 3. The molecular formula is C25H24ClN9O. The summed E-state index contributed by atoms with van der Waals surface area (Å²) in [4.78, 5) is 30.5. The van der Waals surface area contributed by atoms with E-state index in [1.54, 1.807) is 40.8 Å². The predicted molar refractivity (Wildman–Crippen MR) is 140 cm³/mol. The number of nitrogens with zero attached hydrogens (tertiary/aromatic N) is 7. The second-order valence-corrected chi connectivity index (χ2v) is 8.87. The van der Waals surface area contributed by atoms with Crippen LogP contribution in [0.25, 0.3) is 16.9 Å². The zero-order valence-electron chi connectivity index (χ0n) is 20.2. The van der Waals surface area contributed by atoms with Gasteiger partial charge < -0.3 is 15.2 Å². The molecule has 1 unspecified atom stereocenters. The summed E-state index contributed by atoms with van der Waals surface area (Å²) in [7, 11) is 1.73. The van der Waals surface area contributed by atoms with Gasteiger partial charge >= 0.3 is 0 Å². The maximum Gasteiger partial charge on any atom is 0.252 e. The Morgan fingerprint density at radius 2 is 1.81 bits per heavy atom. The van der Waals surface area contributed by atoms with Crippen LogP contribution in [0.1, 0.15) is 30.2 Å². The molecule has 0 radical (unpaired) electrons. The maximum absolute atomic E-state index is 12.9. The van der Waals surface area contributed by atoms with Gasteiger partial charge in [-0.3, -0.25) is 4.79 Å². The third kappa shape index (κ3) is 4.38. The quantitative estimate of drug-likeness (QED) is 0.349. The fraction of sp³-hybridized carbons (Fsp3) is 0.200. The van der Waals surface area contributed by atoms with Gasteiger partial charge in [0.1, 0.15) is 10.8 Å². The van der Waals surface area contributed by atoms with Crippen molar-refractivity contribution in [1.82, 2.24) is 34.3 Å². The highest BCUT2D eigenvalue weighted by molar-refractivity contribution is 6.33. The van der Waals surface area contributed by atoms with E-state index < -0.39 is 0 Å². The first-order chi connectivity index (χ1) is 17.3. The van der Waals surface area contributed by atoms with Crippen LogP contribution < -0.4 is 16.2 Å². The average Bonchev–Trinajstić information content (AvgIpc) is 3.21. The standard InChI is InChI=1S/C25H24ClN9O/c1-14-11-15(2)35(33-14)25-29-13-18(26)24(32-25)31-19-8-5-7-17-20(12-21(36)34(4)22(17)19)30-16(3)23-27-9-6-10-28-23/h5-13,16,30H,1-4H3,(H,29,31,32). The molecule has 0 spiro atoms. The summed E-state index contributed by atoms with van der Waals surface area (Å²) in [6, 6.07) is 10.8. The predicted octanol–water partition coefficient (Wildman–Crippen LogP) is 4.49. The van der Waals surface area contributed by atoms with Gasteiger partial charge in [0.2, 0.25) is 0 Å². The molecule has 0 fully saturated rings. The zero-order valence-corrected chi connectivity index (χ0v) is 20.9. The SMILES string of the molecule is Cc1cc(C)n(-c2ncc(Cl)c(Nc3cccc4c(NC(C)c5ncccn5)cc(=O)n(C)c34)n2)n1. The highest BCUT2D eigenvalue weighted by Gasteiger charge is 2.16. The van der Waals surface area contributed by atoms with Crippen LogP contribution in [0.15, 0.2) is 59.8 Å². The van der Waals surface area contributed by atoms with Crippen molar-refractivity contribution in [2.45, 2.75) is 26.8 Å². The number of halogens is 1. The number of hydrogen-bond acceptors (Lipinski definition) is 8. The van der Waals surface area contributed by atoms with Gasteiger partial charge in [0.25, 0.3) is 11.5 Å². The molecule has 0 aliphatic heterocycles. The van der Waals surface area contributed by atoms with Gasteiger partial charge in [-0.15, -0.1) is 0 Å². The van der Waals surface area contributed by atoms with Crippen molar-refractivity contribution < 1.29 is 0 Å². The van der Waals surface area contributed by atoms with Gasteiger partial charge in [-0.05, 0) is 39.0 Å². The highest BCUT2D eigenvalue weighted by atomic mass is 35.5. The van der Waals surface area contributed by atoms with Crippen LogP contribution in [0.5, 0.6) is 0 Å². The Bertz CT molecular complexity index is 1630. The summed E-state index contributed by atoms with van der Waals surface area (Å²) in [5.41, 5.74) is 3.63. The molecule has 5 aromatic rings. The lowest BCUT2D eigenvalue weighted by Crippen LogP contribution is -2.20. The number of nitrogens with one attached hydrogen (secondary N) is 2. The zero-order chi connectivity index (χ0) is 25.4. The Balaban J connectivity index is 1.57. The minimum absolute atomic E-state index is 0.169. The van der Waals surface area contributed by atoms with E-state index in [9.17, 15) is 4.79 Å². The van der Waals surface area contributed by atoms with Crippen molar-refractivity contribution in [3.63, 3.8) is 0 Å². The summed E-state index contributed by atoms with van der Waals surface area (Å²) in [5.74, 6) is 1.42. The first-order valence-electron chi connectivity index (χ1n) is 11.3. The fourth-order valence-electron chi connectivity index (χ4n) is 4.09. The summed E-state index contributed by atoms with van der Waals surface area (Å²) in [6.45, 7) is 5.79. The Kier molecular flexibility index (Phi) is 6.11. The third-order valence-corrected chi connectivity index (χ3v) is 6.07. The third-order valence-electron chi connectivity index (χ3n) is 5.79.